The Morgan fingerprint density at radius 2 is 2.06 bits per heavy atom. The monoisotopic (exact) mass is 222 g/mol. The smallest absolute Gasteiger partial charge is 0.144 e. The maximum absolute atomic E-state index is 5.69. The summed E-state index contributed by atoms with van der Waals surface area (Å²) < 4.78 is 0. The summed E-state index contributed by atoms with van der Waals surface area (Å²) in [4.78, 5) is 10.8. The van der Waals surface area contributed by atoms with E-state index in [0.29, 0.717) is 5.82 Å². The first kappa shape index (κ1) is 12.9. The Morgan fingerprint density at radius 3 is 2.62 bits per heavy atom. The normalized spacial score (nSPS) is 11.4. The lowest BCUT2D eigenvalue weighted by atomic mass is 10.1. The number of aromatic nitrogens is 2. The van der Waals surface area contributed by atoms with E-state index >= 15 is 0 Å². The van der Waals surface area contributed by atoms with Crippen LogP contribution in [0.4, 0.5) is 5.82 Å². The van der Waals surface area contributed by atoms with E-state index in [2.05, 4.69) is 35.8 Å². The summed E-state index contributed by atoms with van der Waals surface area (Å²) in [6, 6.07) is 1.79. The Hall–Kier alpha value is -1.16. The Kier molecular flexibility index (Phi) is 4.68. The van der Waals surface area contributed by atoms with Gasteiger partial charge >= 0.3 is 0 Å². The van der Waals surface area contributed by atoms with Crippen LogP contribution in [0.25, 0.3) is 0 Å². The van der Waals surface area contributed by atoms with E-state index in [1.165, 1.54) is 6.42 Å². The number of hydrogen-bond acceptors (Lipinski definition) is 4. The van der Waals surface area contributed by atoms with Gasteiger partial charge in [-0.25, -0.2) is 9.97 Å². The summed E-state index contributed by atoms with van der Waals surface area (Å²) in [5.74, 6) is 2.09. The topological polar surface area (TPSA) is 55.0 Å². The zero-order valence-electron chi connectivity index (χ0n) is 10.7. The molecule has 0 bridgehead atoms. The van der Waals surface area contributed by atoms with E-state index < -0.39 is 0 Å². The minimum absolute atomic E-state index is 0.555. The molecule has 0 aromatic carbocycles. The van der Waals surface area contributed by atoms with Crippen LogP contribution >= 0.6 is 0 Å². The third kappa shape index (κ3) is 4.57. The zero-order chi connectivity index (χ0) is 12.1. The third-order valence-electron chi connectivity index (χ3n) is 2.42. The number of nitrogens with two attached hydrogens (primary N) is 1. The molecule has 1 aromatic heterocycles. The van der Waals surface area contributed by atoms with Crippen LogP contribution in [0.1, 0.15) is 31.8 Å². The van der Waals surface area contributed by atoms with Crippen molar-refractivity contribution in [2.75, 3.05) is 19.3 Å². The second-order valence-corrected chi connectivity index (χ2v) is 4.77. The number of rotatable bonds is 5. The Balaban J connectivity index is 2.52. The van der Waals surface area contributed by atoms with Crippen LogP contribution in [-0.4, -0.2) is 28.5 Å². The molecule has 0 spiro atoms. The number of aryl methyl sites for hydroxylation is 1. The van der Waals surface area contributed by atoms with Gasteiger partial charge in [-0.15, -0.1) is 0 Å². The van der Waals surface area contributed by atoms with Gasteiger partial charge < -0.3 is 5.73 Å². The van der Waals surface area contributed by atoms with Crippen molar-refractivity contribution in [1.29, 1.82) is 0 Å². The largest absolute Gasteiger partial charge is 0.384 e. The second-order valence-electron chi connectivity index (χ2n) is 4.77. The summed E-state index contributed by atoms with van der Waals surface area (Å²) in [5.41, 5.74) is 6.62. The van der Waals surface area contributed by atoms with Gasteiger partial charge in [0, 0.05) is 11.8 Å². The molecule has 0 fully saturated rings. The molecule has 0 radical (unpaired) electrons. The molecule has 2 N–H and O–H groups in total. The molecular weight excluding hydrogens is 200 g/mol. The Bertz CT molecular complexity index is 316. The van der Waals surface area contributed by atoms with Gasteiger partial charge in [-0.1, -0.05) is 13.8 Å². The van der Waals surface area contributed by atoms with Crippen LogP contribution in [0.15, 0.2) is 6.07 Å². The minimum Gasteiger partial charge on any atom is -0.384 e. The van der Waals surface area contributed by atoms with Crippen molar-refractivity contribution in [3.63, 3.8) is 0 Å². The van der Waals surface area contributed by atoms with Gasteiger partial charge in [-0.2, -0.15) is 0 Å². The highest BCUT2D eigenvalue weighted by atomic mass is 15.1. The maximum Gasteiger partial charge on any atom is 0.144 e. The second kappa shape index (κ2) is 5.80. The van der Waals surface area contributed by atoms with Gasteiger partial charge in [-0.05, 0) is 32.9 Å². The Morgan fingerprint density at radius 1 is 1.38 bits per heavy atom. The van der Waals surface area contributed by atoms with Gasteiger partial charge in [0.25, 0.3) is 0 Å². The molecule has 0 amide bonds. The molecule has 0 saturated heterocycles. The van der Waals surface area contributed by atoms with Crippen LogP contribution in [0.3, 0.4) is 0 Å². The molecule has 0 saturated carbocycles. The number of nitrogens with zero attached hydrogens (tertiary/aromatic N) is 3. The summed E-state index contributed by atoms with van der Waals surface area (Å²) in [6.45, 7) is 8.23. The van der Waals surface area contributed by atoms with Crippen molar-refractivity contribution in [2.24, 2.45) is 5.92 Å². The average molecular weight is 222 g/mol. The standard InChI is InChI=1S/C12H22N4/c1-9(2)5-6-16(4)8-12-14-10(3)7-11(13)15-12/h7,9H,5-6,8H2,1-4H3,(H2,13,14,15). The van der Waals surface area contributed by atoms with E-state index in [-0.39, 0.29) is 0 Å². The summed E-state index contributed by atoms with van der Waals surface area (Å²) in [5, 5.41) is 0. The molecule has 1 rings (SSSR count). The third-order valence-corrected chi connectivity index (χ3v) is 2.42. The molecule has 90 valence electrons. The maximum atomic E-state index is 5.69. The predicted molar refractivity (Wildman–Crippen MR) is 67.0 cm³/mol. The van der Waals surface area contributed by atoms with E-state index in [0.717, 1.165) is 30.5 Å². The predicted octanol–water partition coefficient (Wildman–Crippen LogP) is 1.85. The molecule has 16 heavy (non-hydrogen) atoms. The molecule has 0 aliphatic rings. The first-order valence-corrected chi connectivity index (χ1v) is 5.76. The molecule has 0 aliphatic heterocycles. The van der Waals surface area contributed by atoms with Crippen LogP contribution in [-0.2, 0) is 6.54 Å². The van der Waals surface area contributed by atoms with E-state index in [1.54, 1.807) is 6.07 Å². The van der Waals surface area contributed by atoms with Gasteiger partial charge in [0.15, 0.2) is 0 Å². The van der Waals surface area contributed by atoms with Crippen LogP contribution in [0, 0.1) is 12.8 Å². The quantitative estimate of drug-likeness (QED) is 0.826. The summed E-state index contributed by atoms with van der Waals surface area (Å²) in [7, 11) is 2.09. The first-order chi connectivity index (χ1) is 7.47. The fourth-order valence-corrected chi connectivity index (χ4v) is 1.53. The van der Waals surface area contributed by atoms with E-state index in [9.17, 15) is 0 Å². The number of anilines is 1. The molecule has 4 heteroatoms. The van der Waals surface area contributed by atoms with Crippen LogP contribution in [0.5, 0.6) is 0 Å². The molecule has 0 unspecified atom stereocenters. The first-order valence-electron chi connectivity index (χ1n) is 5.76. The molecule has 0 atom stereocenters. The van der Waals surface area contributed by atoms with Gasteiger partial charge in [0.1, 0.15) is 11.6 Å². The highest BCUT2D eigenvalue weighted by Crippen LogP contribution is 2.06. The van der Waals surface area contributed by atoms with Crippen molar-refractivity contribution in [3.8, 4) is 0 Å². The van der Waals surface area contributed by atoms with Gasteiger partial charge in [0.2, 0.25) is 0 Å². The summed E-state index contributed by atoms with van der Waals surface area (Å²) in [6.07, 6.45) is 1.19. The lowest BCUT2D eigenvalue weighted by Crippen LogP contribution is -2.22. The fourth-order valence-electron chi connectivity index (χ4n) is 1.53. The van der Waals surface area contributed by atoms with Crippen LogP contribution in [0.2, 0.25) is 0 Å². The van der Waals surface area contributed by atoms with Crippen molar-refractivity contribution in [1.82, 2.24) is 14.9 Å². The number of nitrogen functional groups attached to an aromatic ring is 1. The van der Waals surface area contributed by atoms with Crippen molar-refractivity contribution in [3.05, 3.63) is 17.6 Å². The van der Waals surface area contributed by atoms with Crippen molar-refractivity contribution >= 4 is 5.82 Å². The SMILES string of the molecule is Cc1cc(N)nc(CN(C)CCC(C)C)n1. The molecule has 4 nitrogen and oxygen atoms in total. The van der Waals surface area contributed by atoms with E-state index in [1.807, 2.05) is 6.92 Å². The average Bonchev–Trinajstić information content (AvgIpc) is 2.12. The van der Waals surface area contributed by atoms with Crippen molar-refractivity contribution in [2.45, 2.75) is 33.7 Å². The molecule has 0 aliphatic carbocycles. The number of hydrogen-bond donors (Lipinski definition) is 1. The minimum atomic E-state index is 0.555. The fraction of sp³-hybridized carbons (Fsp3) is 0.667. The molecule has 1 heterocycles. The highest BCUT2D eigenvalue weighted by molar-refractivity contribution is 5.29. The van der Waals surface area contributed by atoms with E-state index in [4.69, 9.17) is 5.73 Å². The molecule has 1 aromatic rings. The molecular formula is C12H22N4. The highest BCUT2D eigenvalue weighted by Gasteiger charge is 2.05. The van der Waals surface area contributed by atoms with Crippen molar-refractivity contribution < 1.29 is 0 Å². The lowest BCUT2D eigenvalue weighted by molar-refractivity contribution is 0.296. The van der Waals surface area contributed by atoms with Gasteiger partial charge in [0.05, 0.1) is 6.54 Å². The summed E-state index contributed by atoms with van der Waals surface area (Å²) >= 11 is 0. The lowest BCUT2D eigenvalue weighted by Gasteiger charge is -2.17. The Labute approximate surface area is 97.9 Å². The van der Waals surface area contributed by atoms with Crippen LogP contribution < -0.4 is 5.73 Å². The zero-order valence-corrected chi connectivity index (χ0v) is 10.7. The van der Waals surface area contributed by atoms with Gasteiger partial charge in [-0.3, -0.25) is 4.90 Å².